The lowest BCUT2D eigenvalue weighted by molar-refractivity contribution is -0.121. The molecule has 1 saturated heterocycles. The van der Waals surface area contributed by atoms with Crippen LogP contribution in [0.4, 0.5) is 25.4 Å². The molecule has 4 rings (SSSR count). The molecular formula is C30H31Cl2FN6O4. The topological polar surface area (TPSA) is 118 Å². The first kappa shape index (κ1) is 31.7. The molecule has 0 aromatic heterocycles. The fraction of sp³-hybridized carbons (Fsp3) is 0.267. The Kier molecular flexibility index (Phi) is 10.2. The smallest absolute Gasteiger partial charge is 0.315 e. The molecule has 5 amide bonds. The van der Waals surface area contributed by atoms with E-state index in [2.05, 4.69) is 15.8 Å². The maximum atomic E-state index is 13.8. The number of hydrazone groups is 1. The predicted octanol–water partition coefficient (Wildman–Crippen LogP) is 6.72. The maximum Gasteiger partial charge on any atom is 0.347 e. The van der Waals surface area contributed by atoms with Crippen molar-refractivity contribution in [2.24, 2.45) is 5.10 Å². The SMILES string of the molecule is CC1(C)[C@@H](N(O)C(=O)Nc2ccc(Cl)cc2)N(c2ccc(Cl)cc2)C(=O)N1CCCCC(=O)N/N=C/c1ccc(F)cc1. The highest BCUT2D eigenvalue weighted by atomic mass is 35.5. The zero-order valence-corrected chi connectivity index (χ0v) is 25.0. The van der Waals surface area contributed by atoms with Gasteiger partial charge in [0, 0.05) is 34.4 Å². The van der Waals surface area contributed by atoms with Gasteiger partial charge in [0.15, 0.2) is 6.17 Å². The Bertz CT molecular complexity index is 1470. The number of halogens is 3. The fourth-order valence-corrected chi connectivity index (χ4v) is 5.00. The van der Waals surface area contributed by atoms with Crippen molar-refractivity contribution in [2.45, 2.75) is 44.8 Å². The van der Waals surface area contributed by atoms with Crippen molar-refractivity contribution in [3.8, 4) is 0 Å². The molecule has 0 radical (unpaired) electrons. The summed E-state index contributed by atoms with van der Waals surface area (Å²) in [5, 5.41) is 19.1. The molecule has 1 aliphatic rings. The lowest BCUT2D eigenvalue weighted by Gasteiger charge is -2.38. The second kappa shape index (κ2) is 13.9. The molecule has 1 aliphatic heterocycles. The first-order valence-corrected chi connectivity index (χ1v) is 14.2. The average Bonchev–Trinajstić information content (AvgIpc) is 3.17. The van der Waals surface area contributed by atoms with Gasteiger partial charge in [-0.2, -0.15) is 10.2 Å². The molecule has 3 aromatic carbocycles. The zero-order chi connectivity index (χ0) is 31.1. The van der Waals surface area contributed by atoms with E-state index in [1.165, 1.54) is 35.4 Å². The summed E-state index contributed by atoms with van der Waals surface area (Å²) in [4.78, 5) is 42.1. The molecule has 3 N–H and O–H groups in total. The molecule has 1 heterocycles. The standard InChI is InChI=1S/C30H31Cl2FN6O4/c1-30(2)27(39(43)28(41)35-24-14-8-21(31)9-15-24)38(25-16-10-22(32)11-17-25)29(42)37(30)18-4-3-5-26(40)36-34-19-20-6-12-23(33)13-7-20/h6-17,19,27,43H,3-5,18H2,1-2H3,(H,35,41)(H,36,40)/b34-19+/t27-/m1/s1. The largest absolute Gasteiger partial charge is 0.347 e. The Morgan fingerprint density at radius 1 is 1.00 bits per heavy atom. The van der Waals surface area contributed by atoms with Gasteiger partial charge < -0.3 is 10.2 Å². The monoisotopic (exact) mass is 628 g/mol. The minimum absolute atomic E-state index is 0.156. The number of nitrogens with zero attached hydrogens (tertiary/aromatic N) is 4. The van der Waals surface area contributed by atoms with E-state index < -0.39 is 23.8 Å². The minimum Gasteiger partial charge on any atom is -0.315 e. The Morgan fingerprint density at radius 2 is 1.60 bits per heavy atom. The minimum atomic E-state index is -1.11. The number of hydroxylamine groups is 2. The van der Waals surface area contributed by atoms with Crippen molar-refractivity contribution in [3.63, 3.8) is 0 Å². The van der Waals surface area contributed by atoms with Gasteiger partial charge in [0.1, 0.15) is 5.82 Å². The number of rotatable bonds is 10. The second-order valence-corrected chi connectivity index (χ2v) is 11.3. The molecule has 0 aliphatic carbocycles. The third kappa shape index (κ3) is 7.81. The summed E-state index contributed by atoms with van der Waals surface area (Å²) in [5.74, 6) is -0.678. The average molecular weight is 630 g/mol. The number of unbranched alkanes of at least 4 members (excludes halogenated alkanes) is 1. The summed E-state index contributed by atoms with van der Waals surface area (Å²) >= 11 is 12.0. The van der Waals surface area contributed by atoms with Crippen molar-refractivity contribution < 1.29 is 24.0 Å². The number of carbonyl (C=O) groups is 3. The number of amides is 5. The van der Waals surface area contributed by atoms with E-state index in [1.807, 2.05) is 0 Å². The van der Waals surface area contributed by atoms with Gasteiger partial charge in [0.05, 0.1) is 11.8 Å². The fourth-order valence-electron chi connectivity index (χ4n) is 4.75. The molecule has 0 spiro atoms. The van der Waals surface area contributed by atoms with Crippen LogP contribution in [0.3, 0.4) is 0 Å². The highest BCUT2D eigenvalue weighted by Gasteiger charge is 2.55. The van der Waals surface area contributed by atoms with Crippen LogP contribution in [0, 0.1) is 5.82 Å². The van der Waals surface area contributed by atoms with Gasteiger partial charge in [-0.15, -0.1) is 0 Å². The quantitative estimate of drug-likeness (QED) is 0.0999. The Morgan fingerprint density at radius 3 is 2.23 bits per heavy atom. The van der Waals surface area contributed by atoms with Crippen LogP contribution in [-0.2, 0) is 4.79 Å². The van der Waals surface area contributed by atoms with E-state index in [9.17, 15) is 24.0 Å². The van der Waals surface area contributed by atoms with Crippen molar-refractivity contribution in [1.82, 2.24) is 15.4 Å². The summed E-state index contributed by atoms with van der Waals surface area (Å²) in [6.45, 7) is 3.76. The van der Waals surface area contributed by atoms with E-state index in [1.54, 1.807) is 67.3 Å². The van der Waals surface area contributed by atoms with Crippen LogP contribution in [0.1, 0.15) is 38.7 Å². The lowest BCUT2D eigenvalue weighted by Crippen LogP contribution is -2.58. The predicted molar refractivity (Wildman–Crippen MR) is 164 cm³/mol. The molecule has 10 nitrogen and oxygen atoms in total. The molecule has 1 atom stereocenters. The second-order valence-electron chi connectivity index (χ2n) is 10.4. The number of nitrogens with one attached hydrogen (secondary N) is 2. The van der Waals surface area contributed by atoms with Gasteiger partial charge in [-0.25, -0.2) is 19.4 Å². The lowest BCUT2D eigenvalue weighted by atomic mass is 9.99. The summed E-state index contributed by atoms with van der Waals surface area (Å²) in [7, 11) is 0. The molecule has 3 aromatic rings. The summed E-state index contributed by atoms with van der Waals surface area (Å²) in [6.07, 6.45) is 1.37. The molecule has 1 fully saturated rings. The van der Waals surface area contributed by atoms with Crippen LogP contribution in [0.25, 0.3) is 0 Å². The zero-order valence-electron chi connectivity index (χ0n) is 23.5. The van der Waals surface area contributed by atoms with E-state index >= 15 is 0 Å². The van der Waals surface area contributed by atoms with E-state index in [4.69, 9.17) is 23.2 Å². The Hall–Kier alpha value is -4.19. The first-order chi connectivity index (χ1) is 20.5. The summed E-state index contributed by atoms with van der Waals surface area (Å²) in [5.41, 5.74) is 2.86. The molecule has 0 unspecified atom stereocenters. The third-order valence-electron chi connectivity index (χ3n) is 6.96. The van der Waals surface area contributed by atoms with E-state index in [0.29, 0.717) is 44.9 Å². The van der Waals surface area contributed by atoms with Crippen LogP contribution in [0.15, 0.2) is 77.9 Å². The van der Waals surface area contributed by atoms with Crippen molar-refractivity contribution >= 4 is 58.8 Å². The highest BCUT2D eigenvalue weighted by Crippen LogP contribution is 2.38. The van der Waals surface area contributed by atoms with E-state index in [-0.39, 0.29) is 24.7 Å². The van der Waals surface area contributed by atoms with Gasteiger partial charge in [-0.1, -0.05) is 35.3 Å². The van der Waals surface area contributed by atoms with Crippen molar-refractivity contribution in [1.29, 1.82) is 0 Å². The molecule has 13 heteroatoms. The van der Waals surface area contributed by atoms with Crippen LogP contribution < -0.4 is 15.6 Å². The first-order valence-electron chi connectivity index (χ1n) is 13.5. The number of hydrogen-bond donors (Lipinski definition) is 3. The maximum absolute atomic E-state index is 13.8. The van der Waals surface area contributed by atoms with Gasteiger partial charge in [-0.05, 0) is 92.9 Å². The molecular weight excluding hydrogens is 598 g/mol. The van der Waals surface area contributed by atoms with Gasteiger partial charge in [0.25, 0.3) is 0 Å². The Balaban J connectivity index is 1.42. The van der Waals surface area contributed by atoms with Crippen molar-refractivity contribution in [3.05, 3.63) is 94.2 Å². The highest BCUT2D eigenvalue weighted by molar-refractivity contribution is 6.31. The molecule has 226 valence electrons. The number of carbonyl (C=O) groups excluding carboxylic acids is 3. The molecule has 43 heavy (non-hydrogen) atoms. The normalized spacial score (nSPS) is 16.0. The number of hydrogen-bond acceptors (Lipinski definition) is 5. The van der Waals surface area contributed by atoms with Crippen LogP contribution in [-0.4, -0.2) is 57.6 Å². The third-order valence-corrected chi connectivity index (χ3v) is 7.46. The number of benzene rings is 3. The van der Waals surface area contributed by atoms with Crippen LogP contribution in [0.2, 0.25) is 10.0 Å². The van der Waals surface area contributed by atoms with Gasteiger partial charge in [0.2, 0.25) is 5.91 Å². The van der Waals surface area contributed by atoms with Crippen LogP contribution >= 0.6 is 23.2 Å². The van der Waals surface area contributed by atoms with Crippen molar-refractivity contribution in [2.75, 3.05) is 16.8 Å². The summed E-state index contributed by atoms with van der Waals surface area (Å²) < 4.78 is 13.0. The number of anilines is 2. The Labute approximate surface area is 258 Å². The van der Waals surface area contributed by atoms with E-state index in [0.717, 1.165) is 0 Å². The van der Waals surface area contributed by atoms with Crippen LogP contribution in [0.5, 0.6) is 0 Å². The molecule has 0 bridgehead atoms. The number of urea groups is 2. The van der Waals surface area contributed by atoms with Gasteiger partial charge in [-0.3, -0.25) is 14.9 Å². The van der Waals surface area contributed by atoms with Gasteiger partial charge >= 0.3 is 12.1 Å². The summed E-state index contributed by atoms with van der Waals surface area (Å²) in [6, 6.07) is 17.3. The molecule has 0 saturated carbocycles.